The minimum absolute atomic E-state index is 0.248. The number of methoxy groups -OCH3 is 2. The molecule has 2 aliphatic rings. The molecule has 0 N–H and O–H groups in total. The van der Waals surface area contributed by atoms with Crippen molar-refractivity contribution in [1.82, 2.24) is 9.78 Å². The summed E-state index contributed by atoms with van der Waals surface area (Å²) in [5.41, 5.74) is 1.41. The van der Waals surface area contributed by atoms with Gasteiger partial charge in [-0.15, -0.1) is 0 Å². The van der Waals surface area contributed by atoms with Crippen molar-refractivity contribution >= 4 is 5.69 Å². The Hall–Kier alpha value is -3.49. The predicted molar refractivity (Wildman–Crippen MR) is 141 cm³/mol. The van der Waals surface area contributed by atoms with Gasteiger partial charge in [0.2, 0.25) is 0 Å². The fourth-order valence-corrected chi connectivity index (χ4v) is 5.90. The summed E-state index contributed by atoms with van der Waals surface area (Å²) in [6.07, 6.45) is 1.42. The summed E-state index contributed by atoms with van der Waals surface area (Å²) in [6, 6.07) is 9.59. The van der Waals surface area contributed by atoms with Crippen LogP contribution in [0, 0.1) is 0 Å². The van der Waals surface area contributed by atoms with Crippen LogP contribution in [0.4, 0.5) is 18.9 Å². The number of ether oxygens (including phenoxy) is 2. The molecule has 3 aromatic rings. The van der Waals surface area contributed by atoms with Gasteiger partial charge in [0.25, 0.3) is 5.56 Å². The van der Waals surface area contributed by atoms with Gasteiger partial charge in [-0.25, -0.2) is 0 Å². The van der Waals surface area contributed by atoms with E-state index >= 15 is 0 Å². The highest BCUT2D eigenvalue weighted by Gasteiger charge is 2.36. The quantitative estimate of drug-likeness (QED) is 0.367. The molecule has 2 aliphatic carbocycles. The number of rotatable bonds is 7. The third-order valence-corrected chi connectivity index (χ3v) is 7.73. The van der Waals surface area contributed by atoms with Gasteiger partial charge in [0.15, 0.2) is 0 Å². The standard InChI is InChI=1S/C29H32F3N3O3/c1-4-34(19-8-5-6-9-19)20-12-13-25(29(30,31)32)26(16-20)35-28(36)24-11-7-10-23(24)27(33-35)18-14-21(37-2)17-22(15-18)38-3/h12-17,19H,4-11H2,1-3H3. The number of nitrogens with zero attached hydrogens (tertiary/aromatic N) is 3. The largest absolute Gasteiger partial charge is 0.497 e. The monoisotopic (exact) mass is 527 g/mol. The van der Waals surface area contributed by atoms with E-state index in [1.165, 1.54) is 26.4 Å². The second-order valence-corrected chi connectivity index (χ2v) is 9.90. The Morgan fingerprint density at radius 1 is 0.974 bits per heavy atom. The number of hydrogen-bond donors (Lipinski definition) is 0. The molecular weight excluding hydrogens is 495 g/mol. The first kappa shape index (κ1) is 26.1. The highest BCUT2D eigenvalue weighted by molar-refractivity contribution is 5.69. The third-order valence-electron chi connectivity index (χ3n) is 7.73. The van der Waals surface area contributed by atoms with Crippen molar-refractivity contribution < 1.29 is 22.6 Å². The van der Waals surface area contributed by atoms with Crippen LogP contribution < -0.4 is 19.9 Å². The number of fused-ring (bicyclic) bond motifs is 1. The van der Waals surface area contributed by atoms with Gasteiger partial charge in [-0.1, -0.05) is 12.8 Å². The summed E-state index contributed by atoms with van der Waals surface area (Å²) in [5, 5.41) is 4.61. The van der Waals surface area contributed by atoms with Crippen molar-refractivity contribution in [2.24, 2.45) is 0 Å². The Bertz CT molecular complexity index is 1370. The van der Waals surface area contributed by atoms with E-state index in [1.807, 2.05) is 6.92 Å². The fourth-order valence-electron chi connectivity index (χ4n) is 5.90. The van der Waals surface area contributed by atoms with Gasteiger partial charge < -0.3 is 14.4 Å². The van der Waals surface area contributed by atoms with Crippen LogP contribution in [-0.2, 0) is 19.0 Å². The lowest BCUT2D eigenvalue weighted by Gasteiger charge is -2.31. The van der Waals surface area contributed by atoms with E-state index in [9.17, 15) is 18.0 Å². The van der Waals surface area contributed by atoms with E-state index in [2.05, 4.69) is 10.00 Å². The summed E-state index contributed by atoms with van der Waals surface area (Å²) in [5.74, 6) is 1.05. The Kier molecular flexibility index (Phi) is 7.11. The van der Waals surface area contributed by atoms with Crippen LogP contribution >= 0.6 is 0 Å². The second-order valence-electron chi connectivity index (χ2n) is 9.90. The maximum atomic E-state index is 14.3. The molecular formula is C29H32F3N3O3. The number of hydrogen-bond acceptors (Lipinski definition) is 5. The molecule has 1 heterocycles. The van der Waals surface area contributed by atoms with Crippen molar-refractivity contribution in [3.8, 4) is 28.4 Å². The van der Waals surface area contributed by atoms with E-state index < -0.39 is 17.3 Å². The van der Waals surface area contributed by atoms with Crippen LogP contribution in [0.5, 0.6) is 11.5 Å². The molecule has 38 heavy (non-hydrogen) atoms. The molecule has 0 saturated heterocycles. The Labute approximate surface area is 220 Å². The molecule has 6 nitrogen and oxygen atoms in total. The van der Waals surface area contributed by atoms with E-state index in [-0.39, 0.29) is 11.7 Å². The first-order valence-corrected chi connectivity index (χ1v) is 13.1. The molecule has 0 amide bonds. The number of alkyl halides is 3. The molecule has 202 valence electrons. The maximum absolute atomic E-state index is 14.3. The van der Waals surface area contributed by atoms with Crippen LogP contribution in [-0.4, -0.2) is 36.6 Å². The Balaban J connectivity index is 1.75. The summed E-state index contributed by atoms with van der Waals surface area (Å²) in [4.78, 5) is 15.8. The van der Waals surface area contributed by atoms with Gasteiger partial charge in [0, 0.05) is 35.5 Å². The van der Waals surface area contributed by atoms with Gasteiger partial charge in [-0.3, -0.25) is 4.79 Å². The number of anilines is 1. The first-order valence-electron chi connectivity index (χ1n) is 13.1. The molecule has 0 atom stereocenters. The van der Waals surface area contributed by atoms with E-state index in [1.54, 1.807) is 18.2 Å². The molecule has 0 spiro atoms. The van der Waals surface area contributed by atoms with Crippen molar-refractivity contribution in [1.29, 1.82) is 0 Å². The molecule has 9 heteroatoms. The van der Waals surface area contributed by atoms with Gasteiger partial charge >= 0.3 is 6.18 Å². The summed E-state index contributed by atoms with van der Waals surface area (Å²) in [7, 11) is 3.06. The Morgan fingerprint density at radius 2 is 1.63 bits per heavy atom. The highest BCUT2D eigenvalue weighted by Crippen LogP contribution is 2.39. The predicted octanol–water partition coefficient (Wildman–Crippen LogP) is 6.19. The zero-order valence-corrected chi connectivity index (χ0v) is 21.9. The van der Waals surface area contributed by atoms with Crippen LogP contribution in [0.2, 0.25) is 0 Å². The lowest BCUT2D eigenvalue weighted by molar-refractivity contribution is -0.137. The van der Waals surface area contributed by atoms with E-state index in [0.717, 1.165) is 48.4 Å². The number of aromatic nitrogens is 2. The average molecular weight is 528 g/mol. The molecule has 2 aromatic carbocycles. The van der Waals surface area contributed by atoms with E-state index in [4.69, 9.17) is 9.47 Å². The Morgan fingerprint density at radius 3 is 2.24 bits per heavy atom. The van der Waals surface area contributed by atoms with E-state index in [0.29, 0.717) is 53.4 Å². The highest BCUT2D eigenvalue weighted by atomic mass is 19.4. The zero-order chi connectivity index (χ0) is 27.0. The van der Waals surface area contributed by atoms with Crippen molar-refractivity contribution in [2.45, 2.75) is 64.1 Å². The normalized spacial score (nSPS) is 15.5. The summed E-state index contributed by atoms with van der Waals surface area (Å²) in [6.45, 7) is 2.67. The maximum Gasteiger partial charge on any atom is 0.418 e. The lowest BCUT2D eigenvalue weighted by Crippen LogP contribution is -2.33. The molecule has 1 saturated carbocycles. The van der Waals surface area contributed by atoms with Crippen LogP contribution in [0.3, 0.4) is 0 Å². The van der Waals surface area contributed by atoms with Crippen LogP contribution in [0.15, 0.2) is 41.2 Å². The van der Waals surface area contributed by atoms with Gasteiger partial charge in [-0.05, 0) is 74.9 Å². The molecule has 1 fully saturated rings. The SMILES string of the molecule is CCN(c1ccc(C(F)(F)F)c(-n2nc(-c3cc(OC)cc(OC)c3)c3c(c2=O)CCC3)c1)C1CCCC1. The molecule has 0 aliphatic heterocycles. The number of benzene rings is 2. The average Bonchev–Trinajstić information content (AvgIpc) is 3.62. The molecule has 1 aromatic heterocycles. The second kappa shape index (κ2) is 10.3. The van der Waals surface area contributed by atoms with Gasteiger partial charge in [0.05, 0.1) is 31.2 Å². The minimum Gasteiger partial charge on any atom is -0.497 e. The first-order chi connectivity index (χ1) is 18.2. The minimum atomic E-state index is -4.66. The molecule has 0 radical (unpaired) electrons. The fraction of sp³-hybridized carbons (Fsp3) is 0.448. The summed E-state index contributed by atoms with van der Waals surface area (Å²) >= 11 is 0. The molecule has 0 bridgehead atoms. The zero-order valence-electron chi connectivity index (χ0n) is 21.9. The van der Waals surface area contributed by atoms with Crippen LogP contribution in [0.25, 0.3) is 16.9 Å². The molecule has 5 rings (SSSR count). The smallest absolute Gasteiger partial charge is 0.418 e. The van der Waals surface area contributed by atoms with Crippen LogP contribution in [0.1, 0.15) is 55.7 Å². The topological polar surface area (TPSA) is 56.6 Å². The van der Waals surface area contributed by atoms with Gasteiger partial charge in [0.1, 0.15) is 11.5 Å². The third kappa shape index (κ3) is 4.74. The van der Waals surface area contributed by atoms with Crippen molar-refractivity contribution in [3.63, 3.8) is 0 Å². The van der Waals surface area contributed by atoms with Crippen molar-refractivity contribution in [3.05, 3.63) is 63.4 Å². The molecule has 0 unspecified atom stereocenters. The van der Waals surface area contributed by atoms with Crippen molar-refractivity contribution in [2.75, 3.05) is 25.7 Å². The van der Waals surface area contributed by atoms with Gasteiger partial charge in [-0.2, -0.15) is 23.0 Å². The summed E-state index contributed by atoms with van der Waals surface area (Å²) < 4.78 is 54.6. The lowest BCUT2D eigenvalue weighted by atomic mass is 10.0. The number of halogens is 3.